The first-order valence-electron chi connectivity index (χ1n) is 5.43. The second-order valence-electron chi connectivity index (χ2n) is 4.27. The molecule has 0 aliphatic rings. The van der Waals surface area contributed by atoms with Crippen molar-refractivity contribution in [3.63, 3.8) is 0 Å². The Labute approximate surface area is 93.0 Å². The van der Waals surface area contributed by atoms with Crippen LogP contribution in [0.4, 0.5) is 0 Å². The first kappa shape index (κ1) is 14.0. The van der Waals surface area contributed by atoms with Gasteiger partial charge in [0.1, 0.15) is 0 Å². The molecule has 0 bridgehead atoms. The third-order valence-corrected chi connectivity index (χ3v) is 2.64. The molecule has 0 aliphatic carbocycles. The van der Waals surface area contributed by atoms with E-state index in [4.69, 9.17) is 6.42 Å². The fraction of sp³-hybridized carbons (Fsp3) is 0.750. The van der Waals surface area contributed by atoms with Gasteiger partial charge in [-0.25, -0.2) is 0 Å². The van der Waals surface area contributed by atoms with Gasteiger partial charge in [0.2, 0.25) is 5.91 Å². The largest absolute Gasteiger partial charge is 0.344 e. The molecule has 1 amide bonds. The van der Waals surface area contributed by atoms with Gasteiger partial charge < -0.3 is 10.6 Å². The monoisotopic (exact) mass is 210 g/mol. The quantitative estimate of drug-likeness (QED) is 0.642. The maximum atomic E-state index is 11.4. The Kier molecular flexibility index (Phi) is 6.81. The van der Waals surface area contributed by atoms with Gasteiger partial charge in [-0.3, -0.25) is 4.79 Å². The van der Waals surface area contributed by atoms with E-state index in [1.807, 2.05) is 6.92 Å². The number of carbonyl (C=O) groups excluding carboxylic acids is 1. The van der Waals surface area contributed by atoms with Gasteiger partial charge >= 0.3 is 0 Å². The topological polar surface area (TPSA) is 41.1 Å². The summed E-state index contributed by atoms with van der Waals surface area (Å²) in [6, 6.07) is -0.181. The molecule has 0 fully saturated rings. The zero-order chi connectivity index (χ0) is 11.8. The van der Waals surface area contributed by atoms with E-state index in [-0.39, 0.29) is 11.9 Å². The fourth-order valence-corrected chi connectivity index (χ4v) is 0.982. The van der Waals surface area contributed by atoms with Gasteiger partial charge in [-0.1, -0.05) is 26.7 Å². The van der Waals surface area contributed by atoms with E-state index in [0.29, 0.717) is 18.4 Å². The number of hydrogen-bond donors (Lipinski definition) is 2. The molecule has 0 aromatic rings. The van der Waals surface area contributed by atoms with Crippen LogP contribution in [0.5, 0.6) is 0 Å². The molecule has 0 saturated heterocycles. The van der Waals surface area contributed by atoms with Crippen LogP contribution in [0, 0.1) is 24.2 Å². The average molecular weight is 210 g/mol. The molecular weight excluding hydrogens is 188 g/mol. The highest BCUT2D eigenvalue weighted by Crippen LogP contribution is 2.07. The van der Waals surface area contributed by atoms with Crippen LogP contribution in [-0.2, 0) is 4.79 Å². The molecule has 86 valence electrons. The Morgan fingerprint density at radius 3 is 2.40 bits per heavy atom. The van der Waals surface area contributed by atoms with Gasteiger partial charge in [0.15, 0.2) is 0 Å². The van der Waals surface area contributed by atoms with E-state index in [1.165, 1.54) is 0 Å². The van der Waals surface area contributed by atoms with Crippen LogP contribution in [0.25, 0.3) is 0 Å². The second-order valence-corrected chi connectivity index (χ2v) is 4.27. The standard InChI is InChI=1S/C12H22N2O/c1-6-7-13-12(15)11(5)14-8-10(4)9(2)3/h1,9-11,14H,7-8H2,2-5H3,(H,13,15). The molecule has 0 spiro atoms. The summed E-state index contributed by atoms with van der Waals surface area (Å²) >= 11 is 0. The molecule has 15 heavy (non-hydrogen) atoms. The van der Waals surface area contributed by atoms with Crippen molar-refractivity contribution in [2.75, 3.05) is 13.1 Å². The summed E-state index contributed by atoms with van der Waals surface area (Å²) in [6.07, 6.45) is 5.05. The Bertz CT molecular complexity index is 230. The first-order valence-corrected chi connectivity index (χ1v) is 5.43. The molecule has 2 atom stereocenters. The highest BCUT2D eigenvalue weighted by molar-refractivity contribution is 5.81. The Hall–Kier alpha value is -1.01. The maximum absolute atomic E-state index is 11.4. The van der Waals surface area contributed by atoms with E-state index >= 15 is 0 Å². The van der Waals surface area contributed by atoms with Crippen molar-refractivity contribution in [1.82, 2.24) is 10.6 Å². The Morgan fingerprint density at radius 1 is 1.33 bits per heavy atom. The third-order valence-electron chi connectivity index (χ3n) is 2.64. The van der Waals surface area contributed by atoms with E-state index in [0.717, 1.165) is 6.54 Å². The number of nitrogens with one attached hydrogen (secondary N) is 2. The van der Waals surface area contributed by atoms with Gasteiger partial charge in [0.25, 0.3) is 0 Å². The zero-order valence-corrected chi connectivity index (χ0v) is 10.1. The Balaban J connectivity index is 3.78. The van der Waals surface area contributed by atoms with Crippen LogP contribution in [0.3, 0.4) is 0 Å². The van der Waals surface area contributed by atoms with Crippen molar-refractivity contribution < 1.29 is 4.79 Å². The molecule has 3 heteroatoms. The summed E-state index contributed by atoms with van der Waals surface area (Å²) < 4.78 is 0. The van der Waals surface area contributed by atoms with E-state index in [1.54, 1.807) is 0 Å². The smallest absolute Gasteiger partial charge is 0.237 e. The van der Waals surface area contributed by atoms with Crippen LogP contribution < -0.4 is 10.6 Å². The number of amides is 1. The van der Waals surface area contributed by atoms with Crippen LogP contribution in [0.2, 0.25) is 0 Å². The summed E-state index contributed by atoms with van der Waals surface area (Å²) in [7, 11) is 0. The number of hydrogen-bond acceptors (Lipinski definition) is 2. The molecule has 0 radical (unpaired) electrons. The van der Waals surface area contributed by atoms with Crippen molar-refractivity contribution in [2.45, 2.75) is 33.7 Å². The molecule has 0 aromatic carbocycles. The molecule has 2 unspecified atom stereocenters. The minimum absolute atomic E-state index is 0.0380. The normalized spacial score (nSPS) is 14.4. The second kappa shape index (κ2) is 7.30. The van der Waals surface area contributed by atoms with Crippen molar-refractivity contribution in [3.8, 4) is 12.3 Å². The SMILES string of the molecule is C#CCNC(=O)C(C)NCC(C)C(C)C. The van der Waals surface area contributed by atoms with Crippen molar-refractivity contribution in [3.05, 3.63) is 0 Å². The summed E-state index contributed by atoms with van der Waals surface area (Å²) in [5, 5.41) is 5.84. The lowest BCUT2D eigenvalue weighted by molar-refractivity contribution is -0.122. The summed E-state index contributed by atoms with van der Waals surface area (Å²) in [6.45, 7) is 9.51. The Morgan fingerprint density at radius 2 is 1.93 bits per heavy atom. The molecule has 0 saturated carbocycles. The van der Waals surface area contributed by atoms with Crippen molar-refractivity contribution >= 4 is 5.91 Å². The predicted molar refractivity (Wildman–Crippen MR) is 63.3 cm³/mol. The molecule has 0 rings (SSSR count). The minimum Gasteiger partial charge on any atom is -0.344 e. The number of rotatable bonds is 6. The summed E-state index contributed by atoms with van der Waals surface area (Å²) in [5.74, 6) is 3.53. The van der Waals surface area contributed by atoms with Crippen LogP contribution in [-0.4, -0.2) is 25.0 Å². The van der Waals surface area contributed by atoms with Crippen LogP contribution >= 0.6 is 0 Å². The van der Waals surface area contributed by atoms with E-state index in [9.17, 15) is 4.79 Å². The third kappa shape index (κ3) is 6.14. The lowest BCUT2D eigenvalue weighted by atomic mass is 9.98. The lowest BCUT2D eigenvalue weighted by Crippen LogP contribution is -2.44. The first-order chi connectivity index (χ1) is 6.99. The molecular formula is C12H22N2O. The molecule has 0 aliphatic heterocycles. The maximum Gasteiger partial charge on any atom is 0.237 e. The summed E-state index contributed by atoms with van der Waals surface area (Å²) in [4.78, 5) is 11.4. The number of carbonyl (C=O) groups is 1. The zero-order valence-electron chi connectivity index (χ0n) is 10.1. The van der Waals surface area contributed by atoms with Gasteiger partial charge in [0, 0.05) is 0 Å². The summed E-state index contributed by atoms with van der Waals surface area (Å²) in [5.41, 5.74) is 0. The molecule has 3 nitrogen and oxygen atoms in total. The predicted octanol–water partition coefficient (Wildman–Crippen LogP) is 1.01. The van der Waals surface area contributed by atoms with Gasteiger partial charge in [-0.05, 0) is 25.3 Å². The number of terminal acetylenes is 1. The average Bonchev–Trinajstić information content (AvgIpc) is 2.21. The van der Waals surface area contributed by atoms with Crippen LogP contribution in [0.15, 0.2) is 0 Å². The molecule has 2 N–H and O–H groups in total. The van der Waals surface area contributed by atoms with Crippen molar-refractivity contribution in [1.29, 1.82) is 0 Å². The minimum atomic E-state index is -0.181. The van der Waals surface area contributed by atoms with Crippen LogP contribution in [0.1, 0.15) is 27.7 Å². The van der Waals surface area contributed by atoms with Gasteiger partial charge in [-0.2, -0.15) is 0 Å². The highest BCUT2D eigenvalue weighted by atomic mass is 16.2. The lowest BCUT2D eigenvalue weighted by Gasteiger charge is -2.19. The molecule has 0 heterocycles. The van der Waals surface area contributed by atoms with Gasteiger partial charge in [0.05, 0.1) is 12.6 Å². The highest BCUT2D eigenvalue weighted by Gasteiger charge is 2.13. The van der Waals surface area contributed by atoms with Crippen molar-refractivity contribution in [2.24, 2.45) is 11.8 Å². The van der Waals surface area contributed by atoms with E-state index in [2.05, 4.69) is 37.3 Å². The van der Waals surface area contributed by atoms with E-state index < -0.39 is 0 Å². The fourth-order valence-electron chi connectivity index (χ4n) is 0.982. The van der Waals surface area contributed by atoms with Gasteiger partial charge in [-0.15, -0.1) is 6.42 Å². The molecule has 0 aromatic heterocycles.